The van der Waals surface area contributed by atoms with E-state index in [4.69, 9.17) is 17.3 Å². The number of hydrogen-bond donors (Lipinski definition) is 3. The van der Waals surface area contributed by atoms with Crippen LogP contribution in [0, 0.1) is 6.92 Å². The molecule has 0 aliphatic carbocycles. The fourth-order valence-electron chi connectivity index (χ4n) is 3.38. The highest BCUT2D eigenvalue weighted by Gasteiger charge is 2.49. The van der Waals surface area contributed by atoms with E-state index in [1.807, 2.05) is 42.5 Å². The first-order chi connectivity index (χ1) is 11.9. The highest BCUT2D eigenvalue weighted by molar-refractivity contribution is 7.92. The van der Waals surface area contributed by atoms with Gasteiger partial charge in [0, 0.05) is 12.1 Å². The van der Waals surface area contributed by atoms with Gasteiger partial charge < -0.3 is 15.7 Å². The van der Waals surface area contributed by atoms with Crippen molar-refractivity contribution in [1.82, 2.24) is 10.6 Å². The number of thiocarbonyl (C=S) groups is 1. The maximum absolute atomic E-state index is 12.9. The number of aliphatic hydroxyl groups excluding tert-OH is 1. The van der Waals surface area contributed by atoms with Gasteiger partial charge >= 0.3 is 0 Å². The molecule has 0 fully saturated rings. The van der Waals surface area contributed by atoms with E-state index in [1.165, 1.54) is 0 Å². The number of aryl methyl sites for hydroxylation is 1. The second-order valence-electron chi connectivity index (χ2n) is 6.09. The van der Waals surface area contributed by atoms with Gasteiger partial charge in [-0.15, -0.1) is 0 Å². The summed E-state index contributed by atoms with van der Waals surface area (Å²) >= 11 is 5.34. The van der Waals surface area contributed by atoms with Crippen molar-refractivity contribution in [2.75, 3.05) is 18.9 Å². The number of aliphatic hydroxyl groups is 1. The van der Waals surface area contributed by atoms with Crippen molar-refractivity contribution in [1.29, 1.82) is 0 Å². The van der Waals surface area contributed by atoms with Crippen LogP contribution in [-0.2, 0) is 15.4 Å². The lowest BCUT2D eigenvalue weighted by Crippen LogP contribution is -2.52. The number of benzene rings is 2. The number of nitrogens with one attached hydrogen (secondary N) is 2. The summed E-state index contributed by atoms with van der Waals surface area (Å²) in [6, 6.07) is 14.9. The van der Waals surface area contributed by atoms with Gasteiger partial charge in [0.2, 0.25) is 0 Å². The summed E-state index contributed by atoms with van der Waals surface area (Å²) in [7, 11) is -3.46. The van der Waals surface area contributed by atoms with Crippen LogP contribution < -0.4 is 10.6 Å². The Bertz CT molecular complexity index is 898. The van der Waals surface area contributed by atoms with E-state index < -0.39 is 15.4 Å². The molecule has 2 aromatic rings. The van der Waals surface area contributed by atoms with Gasteiger partial charge in [0.25, 0.3) is 0 Å². The van der Waals surface area contributed by atoms with E-state index in [0.717, 1.165) is 11.1 Å². The van der Waals surface area contributed by atoms with Crippen LogP contribution in [-0.4, -0.2) is 37.5 Å². The van der Waals surface area contributed by atoms with Crippen molar-refractivity contribution in [2.45, 2.75) is 17.4 Å². The molecule has 0 saturated heterocycles. The van der Waals surface area contributed by atoms with Crippen LogP contribution in [0.4, 0.5) is 0 Å². The Kier molecular flexibility index (Phi) is 4.81. The number of rotatable bonds is 4. The van der Waals surface area contributed by atoms with Gasteiger partial charge in [-0.2, -0.15) is 0 Å². The van der Waals surface area contributed by atoms with Crippen molar-refractivity contribution >= 4 is 27.2 Å². The maximum Gasteiger partial charge on any atom is 0.182 e. The maximum atomic E-state index is 12.9. The van der Waals surface area contributed by atoms with Gasteiger partial charge in [0.05, 0.1) is 17.3 Å². The Hall–Kier alpha value is -1.96. The molecule has 0 aromatic heterocycles. The van der Waals surface area contributed by atoms with Crippen LogP contribution in [0.1, 0.15) is 16.7 Å². The molecule has 1 heterocycles. The fourth-order valence-corrected chi connectivity index (χ4v) is 5.90. The summed E-state index contributed by atoms with van der Waals surface area (Å²) in [5, 5.41) is 15.4. The molecule has 0 saturated carbocycles. The summed E-state index contributed by atoms with van der Waals surface area (Å²) in [5.41, 5.74) is 1.30. The van der Waals surface area contributed by atoms with Crippen LogP contribution in [0.5, 0.6) is 0 Å². The van der Waals surface area contributed by atoms with Gasteiger partial charge in [-0.25, -0.2) is 8.42 Å². The first-order valence-corrected chi connectivity index (χ1v) is 10.0. The molecule has 1 aliphatic heterocycles. The summed E-state index contributed by atoms with van der Waals surface area (Å²) in [4.78, 5) is 0.372. The van der Waals surface area contributed by atoms with E-state index in [2.05, 4.69) is 10.6 Å². The zero-order valence-corrected chi connectivity index (χ0v) is 15.5. The van der Waals surface area contributed by atoms with Crippen molar-refractivity contribution in [3.63, 3.8) is 0 Å². The first kappa shape index (κ1) is 17.8. The van der Waals surface area contributed by atoms with E-state index in [9.17, 15) is 8.42 Å². The van der Waals surface area contributed by atoms with Crippen molar-refractivity contribution < 1.29 is 13.5 Å². The lowest BCUT2D eigenvalue weighted by atomic mass is 9.84. The van der Waals surface area contributed by atoms with Crippen LogP contribution in [0.15, 0.2) is 53.4 Å². The SMILES string of the molecule is Cc1cccc2c1S(=O)(=O)CC2(NC(=S)NCCO)c1ccccc1. The second kappa shape index (κ2) is 6.74. The first-order valence-electron chi connectivity index (χ1n) is 7.96. The van der Waals surface area contributed by atoms with Crippen LogP contribution in [0.25, 0.3) is 0 Å². The summed E-state index contributed by atoms with van der Waals surface area (Å²) in [5.74, 6) is -0.106. The average molecular weight is 377 g/mol. The topological polar surface area (TPSA) is 78.4 Å². The monoisotopic (exact) mass is 376 g/mol. The molecule has 5 nitrogen and oxygen atoms in total. The predicted octanol–water partition coefficient (Wildman–Crippen LogP) is 1.48. The molecule has 25 heavy (non-hydrogen) atoms. The Morgan fingerprint density at radius 1 is 1.20 bits per heavy atom. The number of sulfone groups is 1. The minimum Gasteiger partial charge on any atom is -0.395 e. The molecule has 1 unspecified atom stereocenters. The van der Waals surface area contributed by atoms with Crippen molar-refractivity contribution in [2.24, 2.45) is 0 Å². The van der Waals surface area contributed by atoms with Crippen LogP contribution >= 0.6 is 12.2 Å². The van der Waals surface area contributed by atoms with Crippen LogP contribution in [0.2, 0.25) is 0 Å². The number of fused-ring (bicyclic) bond motifs is 1. The molecule has 0 radical (unpaired) electrons. The Morgan fingerprint density at radius 2 is 1.92 bits per heavy atom. The van der Waals surface area contributed by atoms with Gasteiger partial charge in [-0.05, 0) is 30.3 Å². The van der Waals surface area contributed by atoms with E-state index in [0.29, 0.717) is 22.1 Å². The van der Waals surface area contributed by atoms with E-state index >= 15 is 0 Å². The lowest BCUT2D eigenvalue weighted by Gasteiger charge is -2.32. The molecule has 3 N–H and O–H groups in total. The standard InChI is InChI=1S/C18H20N2O3S2/c1-13-6-5-9-15-16(13)25(22,23)12-18(15,14-7-3-2-4-8-14)20-17(24)19-10-11-21/h2-9,21H,10-12H2,1H3,(H2,19,20,24). The molecule has 1 aliphatic rings. The van der Waals surface area contributed by atoms with Crippen molar-refractivity contribution in [3.05, 3.63) is 65.2 Å². The van der Waals surface area contributed by atoms with E-state index in [-0.39, 0.29) is 12.4 Å². The molecule has 1 atom stereocenters. The molecule has 0 bridgehead atoms. The summed E-state index contributed by atoms with van der Waals surface area (Å²) in [6.45, 7) is 2.04. The molecule has 0 amide bonds. The van der Waals surface area contributed by atoms with Gasteiger partial charge in [0.1, 0.15) is 5.54 Å². The molecule has 3 rings (SSSR count). The summed E-state index contributed by atoms with van der Waals surface area (Å²) in [6.07, 6.45) is 0. The smallest absolute Gasteiger partial charge is 0.182 e. The zero-order chi connectivity index (χ0) is 18.1. The van der Waals surface area contributed by atoms with E-state index in [1.54, 1.807) is 13.0 Å². The minimum atomic E-state index is -3.46. The minimum absolute atomic E-state index is 0.0614. The molecule has 2 aromatic carbocycles. The van der Waals surface area contributed by atoms with Crippen LogP contribution in [0.3, 0.4) is 0 Å². The highest BCUT2D eigenvalue weighted by Crippen LogP contribution is 2.43. The third kappa shape index (κ3) is 3.15. The highest BCUT2D eigenvalue weighted by atomic mass is 32.2. The molecule has 132 valence electrons. The normalized spacial score (nSPS) is 20.7. The van der Waals surface area contributed by atoms with Gasteiger partial charge in [-0.1, -0.05) is 48.5 Å². The largest absolute Gasteiger partial charge is 0.395 e. The number of hydrogen-bond acceptors (Lipinski definition) is 4. The molecular formula is C18H20N2O3S2. The van der Waals surface area contributed by atoms with Crippen molar-refractivity contribution in [3.8, 4) is 0 Å². The molecule has 0 spiro atoms. The summed E-state index contributed by atoms with van der Waals surface area (Å²) < 4.78 is 25.8. The second-order valence-corrected chi connectivity index (χ2v) is 8.42. The Morgan fingerprint density at radius 3 is 2.60 bits per heavy atom. The average Bonchev–Trinajstić information content (AvgIpc) is 2.83. The molecule has 7 heteroatoms. The molecular weight excluding hydrogens is 356 g/mol. The Balaban J connectivity index is 2.18. The third-order valence-electron chi connectivity index (χ3n) is 4.38. The predicted molar refractivity (Wildman–Crippen MR) is 101 cm³/mol. The third-order valence-corrected chi connectivity index (χ3v) is 6.60. The van der Waals surface area contributed by atoms with Gasteiger partial charge in [0.15, 0.2) is 14.9 Å². The Labute approximate surface area is 153 Å². The van der Waals surface area contributed by atoms with Gasteiger partial charge in [-0.3, -0.25) is 0 Å². The lowest BCUT2D eigenvalue weighted by molar-refractivity contribution is 0.300. The quantitative estimate of drug-likeness (QED) is 0.702. The zero-order valence-electron chi connectivity index (χ0n) is 13.8. The fraction of sp³-hybridized carbons (Fsp3) is 0.278.